The van der Waals surface area contributed by atoms with Gasteiger partial charge < -0.3 is 10.4 Å². The van der Waals surface area contributed by atoms with Crippen LogP contribution >= 0.6 is 0 Å². The highest BCUT2D eigenvalue weighted by molar-refractivity contribution is 5.93. The summed E-state index contributed by atoms with van der Waals surface area (Å²) in [5, 5.41) is 22.4. The first-order valence-electron chi connectivity index (χ1n) is 6.33. The fraction of sp³-hybridized carbons (Fsp3) is 0.357. The number of nitrogens with one attached hydrogen (secondary N) is 1. The summed E-state index contributed by atoms with van der Waals surface area (Å²) in [6, 6.07) is 7.68. The van der Waals surface area contributed by atoms with E-state index in [1.54, 1.807) is 13.1 Å². The van der Waals surface area contributed by atoms with E-state index in [0.29, 0.717) is 5.82 Å². The number of rotatable bonds is 4. The van der Waals surface area contributed by atoms with Crippen molar-refractivity contribution in [2.45, 2.75) is 25.3 Å². The van der Waals surface area contributed by atoms with E-state index in [1.807, 2.05) is 24.3 Å². The average molecular weight is 257 g/mol. The third-order valence-corrected chi connectivity index (χ3v) is 3.79. The highest BCUT2D eigenvalue weighted by atomic mass is 16.4. The van der Waals surface area contributed by atoms with Crippen LogP contribution in [0.3, 0.4) is 0 Å². The molecule has 3 rings (SSSR count). The van der Waals surface area contributed by atoms with Crippen LogP contribution in [0.4, 0.5) is 5.82 Å². The van der Waals surface area contributed by atoms with Gasteiger partial charge in [0, 0.05) is 10.8 Å². The van der Waals surface area contributed by atoms with Crippen LogP contribution in [-0.4, -0.2) is 26.8 Å². The lowest BCUT2D eigenvalue weighted by atomic mass is 9.95. The number of hydrogen-bond acceptors (Lipinski definition) is 4. The highest BCUT2D eigenvalue weighted by Gasteiger charge is 2.48. The van der Waals surface area contributed by atoms with Crippen LogP contribution in [0.15, 0.2) is 30.5 Å². The molecule has 1 heterocycles. The molecular weight excluding hydrogens is 242 g/mol. The molecule has 0 spiro atoms. The lowest BCUT2D eigenvalue weighted by Crippen LogP contribution is -2.45. The number of anilines is 1. The molecule has 1 aromatic carbocycles. The molecule has 2 aromatic rings. The van der Waals surface area contributed by atoms with Crippen molar-refractivity contribution in [2.75, 3.05) is 5.32 Å². The molecule has 2 N–H and O–H groups in total. The maximum absolute atomic E-state index is 11.5. The molecule has 0 amide bonds. The summed E-state index contributed by atoms with van der Waals surface area (Å²) >= 11 is 0. The molecule has 19 heavy (non-hydrogen) atoms. The second-order valence-electron chi connectivity index (χ2n) is 5.19. The maximum Gasteiger partial charge on any atom is 0.329 e. The monoisotopic (exact) mass is 257 g/mol. The van der Waals surface area contributed by atoms with Crippen LogP contribution in [-0.2, 0) is 4.79 Å². The number of aromatic nitrogens is 2. The van der Waals surface area contributed by atoms with Gasteiger partial charge in [0.15, 0.2) is 5.82 Å². The SMILES string of the molecule is CC(Nc1nncc2ccccc12)(C(=O)O)C1CC1. The van der Waals surface area contributed by atoms with Crippen LogP contribution in [0.25, 0.3) is 10.8 Å². The van der Waals surface area contributed by atoms with Gasteiger partial charge in [-0.05, 0) is 25.7 Å². The Balaban J connectivity index is 2.03. The molecular formula is C14H15N3O2. The van der Waals surface area contributed by atoms with Crippen molar-refractivity contribution in [3.05, 3.63) is 30.5 Å². The first kappa shape index (κ1) is 11.9. The Morgan fingerprint density at radius 3 is 2.84 bits per heavy atom. The van der Waals surface area contributed by atoms with Crippen molar-refractivity contribution in [1.29, 1.82) is 0 Å². The summed E-state index contributed by atoms with van der Waals surface area (Å²) in [7, 11) is 0. The number of fused-ring (bicyclic) bond motifs is 1. The van der Waals surface area contributed by atoms with Crippen molar-refractivity contribution in [2.24, 2.45) is 5.92 Å². The van der Waals surface area contributed by atoms with E-state index in [2.05, 4.69) is 15.5 Å². The fourth-order valence-electron chi connectivity index (χ4n) is 2.36. The third-order valence-electron chi connectivity index (χ3n) is 3.79. The molecule has 1 aliphatic carbocycles. The predicted octanol–water partition coefficient (Wildman–Crippen LogP) is 2.29. The minimum Gasteiger partial charge on any atom is -0.480 e. The van der Waals surface area contributed by atoms with Crippen LogP contribution in [0.1, 0.15) is 19.8 Å². The van der Waals surface area contributed by atoms with E-state index in [4.69, 9.17) is 0 Å². The maximum atomic E-state index is 11.5. The number of carboxylic acid groups (broad SMARTS) is 1. The zero-order chi connectivity index (χ0) is 13.5. The standard InChI is InChI=1S/C14H15N3O2/c1-14(13(18)19,10-6-7-10)16-12-11-5-3-2-4-9(11)8-15-17-12/h2-5,8,10H,6-7H2,1H3,(H,16,17)(H,18,19). The van der Waals surface area contributed by atoms with Crippen LogP contribution < -0.4 is 5.32 Å². The molecule has 1 saturated carbocycles. The van der Waals surface area contributed by atoms with Crippen molar-refractivity contribution in [3.8, 4) is 0 Å². The number of aliphatic carboxylic acids is 1. The fourth-order valence-corrected chi connectivity index (χ4v) is 2.36. The van der Waals surface area contributed by atoms with Gasteiger partial charge in [-0.25, -0.2) is 4.79 Å². The van der Waals surface area contributed by atoms with Gasteiger partial charge in [-0.15, -0.1) is 5.10 Å². The number of benzene rings is 1. The Morgan fingerprint density at radius 2 is 2.16 bits per heavy atom. The van der Waals surface area contributed by atoms with Gasteiger partial charge in [0.1, 0.15) is 5.54 Å². The van der Waals surface area contributed by atoms with E-state index in [9.17, 15) is 9.90 Å². The summed E-state index contributed by atoms with van der Waals surface area (Å²) in [5.74, 6) is -0.148. The normalized spacial score (nSPS) is 17.9. The Bertz CT molecular complexity index is 634. The second kappa shape index (κ2) is 4.19. The molecule has 1 aromatic heterocycles. The van der Waals surface area contributed by atoms with Gasteiger partial charge in [0.25, 0.3) is 0 Å². The van der Waals surface area contributed by atoms with Crippen molar-refractivity contribution < 1.29 is 9.90 Å². The van der Waals surface area contributed by atoms with Crippen molar-refractivity contribution >= 4 is 22.6 Å². The second-order valence-corrected chi connectivity index (χ2v) is 5.19. The number of carbonyl (C=O) groups is 1. The molecule has 0 bridgehead atoms. The van der Waals surface area contributed by atoms with E-state index in [0.717, 1.165) is 23.6 Å². The lowest BCUT2D eigenvalue weighted by Gasteiger charge is -2.27. The first-order chi connectivity index (χ1) is 9.11. The number of nitrogens with zero attached hydrogens (tertiary/aromatic N) is 2. The largest absolute Gasteiger partial charge is 0.480 e. The molecule has 98 valence electrons. The quantitative estimate of drug-likeness (QED) is 0.879. The van der Waals surface area contributed by atoms with E-state index < -0.39 is 11.5 Å². The van der Waals surface area contributed by atoms with E-state index >= 15 is 0 Å². The van der Waals surface area contributed by atoms with Crippen LogP contribution in [0.5, 0.6) is 0 Å². The van der Waals surface area contributed by atoms with Gasteiger partial charge >= 0.3 is 5.97 Å². The smallest absolute Gasteiger partial charge is 0.329 e. The molecule has 1 aliphatic rings. The lowest BCUT2D eigenvalue weighted by molar-refractivity contribution is -0.142. The summed E-state index contributed by atoms with van der Waals surface area (Å²) in [4.78, 5) is 11.5. The summed E-state index contributed by atoms with van der Waals surface area (Å²) < 4.78 is 0. The molecule has 0 aliphatic heterocycles. The summed E-state index contributed by atoms with van der Waals surface area (Å²) in [6.45, 7) is 1.72. The number of hydrogen-bond donors (Lipinski definition) is 2. The van der Waals surface area contributed by atoms with E-state index in [-0.39, 0.29) is 5.92 Å². The van der Waals surface area contributed by atoms with Gasteiger partial charge in [0.05, 0.1) is 6.20 Å². The molecule has 5 heteroatoms. The number of carboxylic acids is 1. The topological polar surface area (TPSA) is 75.1 Å². The average Bonchev–Trinajstić information content (AvgIpc) is 3.23. The Morgan fingerprint density at radius 1 is 1.42 bits per heavy atom. The minimum atomic E-state index is -0.973. The zero-order valence-electron chi connectivity index (χ0n) is 10.6. The van der Waals surface area contributed by atoms with Gasteiger partial charge in [-0.1, -0.05) is 24.3 Å². The van der Waals surface area contributed by atoms with Crippen molar-refractivity contribution in [3.63, 3.8) is 0 Å². The van der Waals surface area contributed by atoms with Crippen molar-refractivity contribution in [1.82, 2.24) is 10.2 Å². The van der Waals surface area contributed by atoms with Gasteiger partial charge in [0.2, 0.25) is 0 Å². The Kier molecular flexibility index (Phi) is 2.62. The van der Waals surface area contributed by atoms with Gasteiger partial charge in [-0.3, -0.25) is 0 Å². The first-order valence-corrected chi connectivity index (χ1v) is 6.33. The summed E-state index contributed by atoms with van der Waals surface area (Å²) in [6.07, 6.45) is 3.55. The van der Waals surface area contributed by atoms with E-state index in [1.165, 1.54) is 0 Å². The molecule has 1 fully saturated rings. The van der Waals surface area contributed by atoms with Crippen LogP contribution in [0, 0.1) is 5.92 Å². The molecule has 0 radical (unpaired) electrons. The third kappa shape index (κ3) is 2.01. The highest BCUT2D eigenvalue weighted by Crippen LogP contribution is 2.42. The molecule has 5 nitrogen and oxygen atoms in total. The Labute approximate surface area is 110 Å². The minimum absolute atomic E-state index is 0.158. The van der Waals surface area contributed by atoms with Gasteiger partial charge in [-0.2, -0.15) is 5.10 Å². The Hall–Kier alpha value is -2.17. The zero-order valence-corrected chi connectivity index (χ0v) is 10.6. The molecule has 0 saturated heterocycles. The molecule has 1 unspecified atom stereocenters. The predicted molar refractivity (Wildman–Crippen MR) is 71.9 cm³/mol. The van der Waals surface area contributed by atoms with Crippen LogP contribution in [0.2, 0.25) is 0 Å². The summed E-state index contributed by atoms with van der Waals surface area (Å²) in [5.41, 5.74) is -0.973. The molecule has 1 atom stereocenters.